The highest BCUT2D eigenvalue weighted by molar-refractivity contribution is 6.32. The van der Waals surface area contributed by atoms with Gasteiger partial charge < -0.3 is 10.2 Å². The van der Waals surface area contributed by atoms with Crippen LogP contribution in [0.5, 0.6) is 0 Å². The van der Waals surface area contributed by atoms with Gasteiger partial charge >= 0.3 is 0 Å². The first-order valence-electron chi connectivity index (χ1n) is 7.85. The van der Waals surface area contributed by atoms with Crippen molar-refractivity contribution in [1.29, 1.82) is 5.26 Å². The normalized spacial score (nSPS) is 11.1. The lowest BCUT2D eigenvalue weighted by atomic mass is 10.1. The van der Waals surface area contributed by atoms with Crippen LogP contribution in [0.15, 0.2) is 60.4 Å². The van der Waals surface area contributed by atoms with Gasteiger partial charge in [-0.2, -0.15) is 5.26 Å². The smallest absolute Gasteiger partial charge is 0.266 e. The van der Waals surface area contributed by atoms with Crippen molar-refractivity contribution >= 4 is 23.2 Å². The molecule has 0 radical (unpaired) electrons. The van der Waals surface area contributed by atoms with Gasteiger partial charge in [-0.1, -0.05) is 41.9 Å². The Morgan fingerprint density at radius 3 is 2.64 bits per heavy atom. The molecule has 0 aliphatic heterocycles. The van der Waals surface area contributed by atoms with Crippen LogP contribution in [0.25, 0.3) is 0 Å². The molecule has 0 aliphatic carbocycles. The first kappa shape index (κ1) is 18.5. The lowest BCUT2D eigenvalue weighted by Crippen LogP contribution is -2.37. The van der Waals surface area contributed by atoms with Crippen molar-refractivity contribution in [2.45, 2.75) is 26.4 Å². The van der Waals surface area contributed by atoms with E-state index in [1.54, 1.807) is 23.2 Å². The molecule has 1 heterocycles. The number of rotatable bonds is 6. The van der Waals surface area contributed by atoms with E-state index in [2.05, 4.69) is 10.3 Å². The first-order valence-corrected chi connectivity index (χ1v) is 8.23. The van der Waals surface area contributed by atoms with Crippen molar-refractivity contribution in [3.05, 3.63) is 71.2 Å². The minimum absolute atomic E-state index is 0.00421. The van der Waals surface area contributed by atoms with Crippen LogP contribution >= 0.6 is 11.6 Å². The molecule has 0 spiro atoms. The average Bonchev–Trinajstić information content (AvgIpc) is 2.62. The van der Waals surface area contributed by atoms with Crippen LogP contribution in [0.1, 0.15) is 19.4 Å². The van der Waals surface area contributed by atoms with Gasteiger partial charge in [0.1, 0.15) is 11.6 Å². The van der Waals surface area contributed by atoms with Gasteiger partial charge in [-0.3, -0.25) is 4.79 Å². The molecule has 1 amide bonds. The third-order valence-corrected chi connectivity index (χ3v) is 3.86. The summed E-state index contributed by atoms with van der Waals surface area (Å²) in [5.41, 5.74) is 1.54. The Bertz CT molecular complexity index is 797. The summed E-state index contributed by atoms with van der Waals surface area (Å²) in [6, 6.07) is 15.0. The Hall–Kier alpha value is -2.84. The van der Waals surface area contributed by atoms with Crippen LogP contribution in [-0.2, 0) is 11.3 Å². The average molecular weight is 355 g/mol. The zero-order valence-corrected chi connectivity index (χ0v) is 14.9. The fourth-order valence-corrected chi connectivity index (χ4v) is 2.38. The number of carbonyl (C=O) groups excluding carboxylic acids is 1. The topological polar surface area (TPSA) is 69.0 Å². The quantitative estimate of drug-likeness (QED) is 0.483. The van der Waals surface area contributed by atoms with Gasteiger partial charge in [0.2, 0.25) is 0 Å². The van der Waals surface area contributed by atoms with Crippen LogP contribution < -0.4 is 5.32 Å². The molecule has 0 atom stereocenters. The number of hydrogen-bond donors (Lipinski definition) is 1. The van der Waals surface area contributed by atoms with Crippen molar-refractivity contribution in [3.63, 3.8) is 0 Å². The second kappa shape index (κ2) is 8.86. The van der Waals surface area contributed by atoms with Gasteiger partial charge in [0.25, 0.3) is 5.91 Å². The van der Waals surface area contributed by atoms with Crippen molar-refractivity contribution in [2.24, 2.45) is 0 Å². The summed E-state index contributed by atoms with van der Waals surface area (Å²) in [6.07, 6.45) is 2.93. The predicted molar refractivity (Wildman–Crippen MR) is 98.7 cm³/mol. The molecular weight excluding hydrogens is 336 g/mol. The van der Waals surface area contributed by atoms with E-state index in [0.29, 0.717) is 12.2 Å². The molecule has 6 heteroatoms. The van der Waals surface area contributed by atoms with Crippen molar-refractivity contribution in [1.82, 2.24) is 9.88 Å². The predicted octanol–water partition coefficient (Wildman–Crippen LogP) is 3.99. The highest BCUT2D eigenvalue weighted by atomic mass is 35.5. The van der Waals surface area contributed by atoms with Gasteiger partial charge in [0.15, 0.2) is 5.15 Å². The molecule has 25 heavy (non-hydrogen) atoms. The molecule has 1 aromatic carbocycles. The number of nitriles is 1. The molecule has 1 aromatic heterocycles. The zero-order chi connectivity index (χ0) is 18.2. The minimum atomic E-state index is -0.339. The lowest BCUT2D eigenvalue weighted by Gasteiger charge is -2.26. The summed E-state index contributed by atoms with van der Waals surface area (Å²) >= 11 is 5.97. The Morgan fingerprint density at radius 2 is 2.04 bits per heavy atom. The fraction of sp³-hybridized carbons (Fsp3) is 0.211. The Morgan fingerprint density at radius 1 is 1.32 bits per heavy atom. The molecule has 0 aliphatic rings. The summed E-state index contributed by atoms with van der Waals surface area (Å²) in [5.74, 6) is -0.339. The molecule has 0 saturated carbocycles. The van der Waals surface area contributed by atoms with E-state index in [9.17, 15) is 10.1 Å². The maximum atomic E-state index is 12.8. The minimum Gasteiger partial charge on any atom is -0.358 e. The van der Waals surface area contributed by atoms with E-state index in [4.69, 9.17) is 11.6 Å². The number of nitrogens with zero attached hydrogens (tertiary/aromatic N) is 3. The number of aromatic nitrogens is 1. The van der Waals surface area contributed by atoms with Gasteiger partial charge in [0, 0.05) is 25.0 Å². The summed E-state index contributed by atoms with van der Waals surface area (Å²) in [4.78, 5) is 18.4. The van der Waals surface area contributed by atoms with E-state index in [1.165, 1.54) is 6.20 Å². The van der Waals surface area contributed by atoms with Crippen LogP contribution in [0.4, 0.5) is 5.69 Å². The number of carbonyl (C=O) groups is 1. The van der Waals surface area contributed by atoms with Crippen molar-refractivity contribution < 1.29 is 4.79 Å². The fourth-order valence-electron chi connectivity index (χ4n) is 2.21. The standard InChI is InChI=1S/C19H19ClN4O/c1-14(2)24(13-15-7-4-3-5-8-15)19(25)16(11-21)12-23-17-9-6-10-22-18(17)20/h3-10,12,14,23H,13H2,1-2H3/b16-12-. The summed E-state index contributed by atoms with van der Waals surface area (Å²) < 4.78 is 0. The van der Waals surface area contributed by atoms with E-state index < -0.39 is 0 Å². The van der Waals surface area contributed by atoms with Crippen LogP contribution in [0, 0.1) is 11.3 Å². The third-order valence-electron chi connectivity index (χ3n) is 3.56. The number of anilines is 1. The van der Waals surface area contributed by atoms with E-state index in [0.717, 1.165) is 5.56 Å². The maximum Gasteiger partial charge on any atom is 0.266 e. The number of benzene rings is 1. The third kappa shape index (κ3) is 5.07. The highest BCUT2D eigenvalue weighted by Gasteiger charge is 2.21. The molecule has 0 saturated heterocycles. The summed E-state index contributed by atoms with van der Waals surface area (Å²) in [7, 11) is 0. The SMILES string of the molecule is CC(C)N(Cc1ccccc1)C(=O)/C(C#N)=C\Nc1cccnc1Cl. The molecule has 0 unspecified atom stereocenters. The first-order chi connectivity index (χ1) is 12.0. The summed E-state index contributed by atoms with van der Waals surface area (Å²) in [5, 5.41) is 12.5. The Kier molecular flexibility index (Phi) is 6.55. The molecular formula is C19H19ClN4O. The number of pyridine rings is 1. The largest absolute Gasteiger partial charge is 0.358 e. The Labute approximate surface area is 152 Å². The van der Waals surface area contributed by atoms with Crippen LogP contribution in [0.3, 0.4) is 0 Å². The molecule has 1 N–H and O–H groups in total. The van der Waals surface area contributed by atoms with Crippen molar-refractivity contribution in [2.75, 3.05) is 5.32 Å². The van der Waals surface area contributed by atoms with E-state index in [1.807, 2.05) is 50.2 Å². The maximum absolute atomic E-state index is 12.8. The number of amides is 1. The van der Waals surface area contributed by atoms with E-state index in [-0.39, 0.29) is 22.7 Å². The molecule has 2 rings (SSSR count). The second-order valence-electron chi connectivity index (χ2n) is 5.67. The second-order valence-corrected chi connectivity index (χ2v) is 6.03. The zero-order valence-electron chi connectivity index (χ0n) is 14.1. The number of nitrogens with one attached hydrogen (secondary N) is 1. The van der Waals surface area contributed by atoms with Gasteiger partial charge in [0.05, 0.1) is 5.69 Å². The van der Waals surface area contributed by atoms with Gasteiger partial charge in [-0.25, -0.2) is 4.98 Å². The monoisotopic (exact) mass is 354 g/mol. The number of halogens is 1. The molecule has 0 fully saturated rings. The molecule has 5 nitrogen and oxygen atoms in total. The molecule has 0 bridgehead atoms. The van der Waals surface area contributed by atoms with Gasteiger partial charge in [-0.05, 0) is 31.5 Å². The molecule has 2 aromatic rings. The highest BCUT2D eigenvalue weighted by Crippen LogP contribution is 2.18. The van der Waals surface area contributed by atoms with Crippen LogP contribution in [0.2, 0.25) is 5.15 Å². The van der Waals surface area contributed by atoms with Crippen molar-refractivity contribution in [3.8, 4) is 6.07 Å². The van der Waals surface area contributed by atoms with Crippen LogP contribution in [-0.4, -0.2) is 21.8 Å². The van der Waals surface area contributed by atoms with E-state index >= 15 is 0 Å². The number of hydrogen-bond acceptors (Lipinski definition) is 4. The van der Waals surface area contributed by atoms with Gasteiger partial charge in [-0.15, -0.1) is 0 Å². The molecule has 128 valence electrons. The lowest BCUT2D eigenvalue weighted by molar-refractivity contribution is -0.129. The summed E-state index contributed by atoms with van der Waals surface area (Å²) in [6.45, 7) is 4.27. The Balaban J connectivity index is 2.19.